The first-order valence-electron chi connectivity index (χ1n) is 1.72. The van der Waals surface area contributed by atoms with Gasteiger partial charge in [0.2, 0.25) is 0 Å². The van der Waals surface area contributed by atoms with Crippen LogP contribution in [0.5, 0.6) is 0 Å². The van der Waals surface area contributed by atoms with E-state index in [1.54, 1.807) is 24.7 Å². The summed E-state index contributed by atoms with van der Waals surface area (Å²) in [7, 11) is 2.25. The monoisotopic (exact) mass is 198 g/mol. The number of hydrogen-bond donors (Lipinski definition) is 0. The van der Waals surface area contributed by atoms with E-state index >= 15 is 0 Å². The van der Waals surface area contributed by atoms with E-state index in [4.69, 9.17) is 15.3 Å². The van der Waals surface area contributed by atoms with Gasteiger partial charge >= 0.3 is 29.4 Å². The van der Waals surface area contributed by atoms with Crippen LogP contribution in [0.1, 0.15) is 0 Å². The number of rotatable bonds is 0. The Morgan fingerprint density at radius 2 is 0.625 bits per heavy atom. The molecule has 8 heavy (non-hydrogen) atoms. The zero-order chi connectivity index (χ0) is 8.00. The topological polar surface area (TPSA) is 69.2 Å². The third-order valence-corrected chi connectivity index (χ3v) is 0. The molecule has 0 bridgehead atoms. The fraction of sp³-hybridized carbons (Fsp3) is 1.00. The zero-order valence-corrected chi connectivity index (χ0v) is 8.18. The standard InChI is InChI=1S/3CH3O.CH3.Zr/c3*1-2;;/h3*1H3;1H3;/q3*-1;;+3. The van der Waals surface area contributed by atoms with Crippen LogP contribution in [0.2, 0.25) is 4.63 Å². The maximum absolute atomic E-state index is 8.25. The molecule has 0 atom stereocenters. The van der Waals surface area contributed by atoms with E-state index in [1.807, 2.05) is 0 Å². The Labute approximate surface area is 66.2 Å². The third-order valence-electron chi connectivity index (χ3n) is 0. The molecule has 0 aliphatic carbocycles. The minimum absolute atomic E-state index is 0.750. The van der Waals surface area contributed by atoms with Crippen molar-refractivity contribution in [2.45, 2.75) is 4.63 Å². The Morgan fingerprint density at radius 1 is 0.625 bits per heavy atom. The maximum atomic E-state index is 8.25. The molecule has 50 valence electrons. The molecule has 4 heteroatoms. The molecule has 0 radical (unpaired) electrons. The van der Waals surface area contributed by atoms with Gasteiger partial charge < -0.3 is 15.3 Å². The summed E-state index contributed by atoms with van der Waals surface area (Å²) in [5, 5.41) is 24.8. The van der Waals surface area contributed by atoms with E-state index in [0.29, 0.717) is 0 Å². The molecule has 0 N–H and O–H groups in total. The van der Waals surface area contributed by atoms with E-state index < -0.39 is 0 Å². The van der Waals surface area contributed by atoms with Gasteiger partial charge in [0.15, 0.2) is 0 Å². The van der Waals surface area contributed by atoms with E-state index in [0.717, 1.165) is 21.3 Å². The van der Waals surface area contributed by atoms with E-state index in [1.165, 1.54) is 0 Å². The quantitative estimate of drug-likeness (QED) is 0.433. The molecule has 0 aromatic carbocycles. The molecule has 0 saturated heterocycles. The van der Waals surface area contributed by atoms with Crippen LogP contribution in [0.15, 0.2) is 0 Å². The summed E-state index contributed by atoms with van der Waals surface area (Å²) < 4.78 is 2.09. The van der Waals surface area contributed by atoms with Gasteiger partial charge in [0.25, 0.3) is 0 Å². The first-order valence-corrected chi connectivity index (χ1v) is 4.18. The van der Waals surface area contributed by atoms with Crippen LogP contribution in [0.25, 0.3) is 0 Å². The van der Waals surface area contributed by atoms with Crippen LogP contribution < -0.4 is 15.3 Å². The van der Waals surface area contributed by atoms with Gasteiger partial charge in [-0.25, -0.2) is 0 Å². The summed E-state index contributed by atoms with van der Waals surface area (Å²) in [6.45, 7) is 0. The molecular weight excluding hydrogens is 187 g/mol. The summed E-state index contributed by atoms with van der Waals surface area (Å²) in [6.07, 6.45) is 0. The van der Waals surface area contributed by atoms with Crippen molar-refractivity contribution in [3.05, 3.63) is 0 Å². The van der Waals surface area contributed by atoms with Crippen LogP contribution in [0, 0.1) is 0 Å². The fourth-order valence-electron chi connectivity index (χ4n) is 0. The van der Waals surface area contributed by atoms with Gasteiger partial charge in [-0.05, 0) is 0 Å². The summed E-state index contributed by atoms with van der Waals surface area (Å²) >= 11 is 1.55. The Hall–Kier alpha value is 0.763. The molecular formula is C4H12O3Zr. The molecule has 0 aliphatic rings. The van der Waals surface area contributed by atoms with Gasteiger partial charge in [0.05, 0.1) is 0 Å². The van der Waals surface area contributed by atoms with Crippen LogP contribution in [-0.4, -0.2) is 21.3 Å². The molecule has 0 rings (SSSR count). The molecule has 0 fully saturated rings. The first kappa shape index (κ1) is 23.3. The van der Waals surface area contributed by atoms with Gasteiger partial charge in [-0.2, -0.15) is 21.3 Å². The van der Waals surface area contributed by atoms with Crippen molar-refractivity contribution in [2.24, 2.45) is 0 Å². The van der Waals surface area contributed by atoms with E-state index in [2.05, 4.69) is 4.63 Å². The first-order chi connectivity index (χ1) is 4.00. The van der Waals surface area contributed by atoms with E-state index in [-0.39, 0.29) is 0 Å². The van der Waals surface area contributed by atoms with Crippen molar-refractivity contribution in [1.82, 2.24) is 0 Å². The van der Waals surface area contributed by atoms with Crippen LogP contribution >= 0.6 is 0 Å². The molecule has 0 aromatic heterocycles. The predicted octanol–water partition coefficient (Wildman–Crippen LogP) is -2.49. The zero-order valence-electron chi connectivity index (χ0n) is 5.72. The summed E-state index contributed by atoms with van der Waals surface area (Å²) in [6, 6.07) is 0. The van der Waals surface area contributed by atoms with Gasteiger partial charge in [-0.3, -0.25) is 0 Å². The van der Waals surface area contributed by atoms with Crippen molar-refractivity contribution < 1.29 is 40.0 Å². The number of hydrogen-bond acceptors (Lipinski definition) is 3. The van der Waals surface area contributed by atoms with Crippen LogP contribution in [0.4, 0.5) is 0 Å². The van der Waals surface area contributed by atoms with Gasteiger partial charge in [-0.1, -0.05) is 0 Å². The Morgan fingerprint density at radius 3 is 0.625 bits per heavy atom. The molecule has 0 saturated carbocycles. The SMILES string of the molecule is C[O-].C[O-].C[O-].[CH3][Zr+3]. The summed E-state index contributed by atoms with van der Waals surface area (Å²) in [4.78, 5) is 0. The second-order valence-corrected chi connectivity index (χ2v) is 0. The summed E-state index contributed by atoms with van der Waals surface area (Å²) in [5.41, 5.74) is 0. The van der Waals surface area contributed by atoms with Crippen LogP contribution in [-0.2, 0) is 24.7 Å². The average Bonchev–Trinajstić information content (AvgIpc) is 2.03. The third kappa shape index (κ3) is 386. The normalized spacial score (nSPS) is 3.12. The van der Waals surface area contributed by atoms with Crippen LogP contribution in [0.3, 0.4) is 0 Å². The van der Waals surface area contributed by atoms with E-state index in [9.17, 15) is 0 Å². The Kier molecular flexibility index (Phi) is 1770. The van der Waals surface area contributed by atoms with Crippen molar-refractivity contribution in [1.29, 1.82) is 0 Å². The molecule has 0 aromatic rings. The van der Waals surface area contributed by atoms with Crippen molar-refractivity contribution >= 4 is 0 Å². The Balaban J connectivity index is -0.0000000133. The second kappa shape index (κ2) is 610. The molecule has 0 heterocycles. The van der Waals surface area contributed by atoms with Gasteiger partial charge in [0, 0.05) is 0 Å². The summed E-state index contributed by atoms with van der Waals surface area (Å²) in [5.74, 6) is 0. The van der Waals surface area contributed by atoms with Crippen molar-refractivity contribution in [3.63, 3.8) is 0 Å². The molecule has 0 amide bonds. The Bertz CT molecular complexity index is 11.2. The van der Waals surface area contributed by atoms with Gasteiger partial charge in [-0.15, -0.1) is 0 Å². The predicted molar refractivity (Wildman–Crippen MR) is 23.6 cm³/mol. The van der Waals surface area contributed by atoms with Crippen molar-refractivity contribution in [2.75, 3.05) is 21.3 Å². The molecule has 3 nitrogen and oxygen atoms in total. The minimum atomic E-state index is 0.750. The van der Waals surface area contributed by atoms with Gasteiger partial charge in [0.1, 0.15) is 0 Å². The molecule has 0 spiro atoms. The fourth-order valence-corrected chi connectivity index (χ4v) is 0. The second-order valence-electron chi connectivity index (χ2n) is 0. The van der Waals surface area contributed by atoms with Crippen molar-refractivity contribution in [3.8, 4) is 0 Å². The average molecular weight is 199 g/mol. The molecule has 0 unspecified atom stereocenters. The molecule has 0 aliphatic heterocycles.